The molecule has 1 aliphatic heterocycles. The van der Waals surface area contributed by atoms with Crippen LogP contribution < -0.4 is 24.6 Å². The van der Waals surface area contributed by atoms with Crippen molar-refractivity contribution in [1.29, 1.82) is 0 Å². The summed E-state index contributed by atoms with van der Waals surface area (Å²) in [4.78, 5) is 16.3. The van der Waals surface area contributed by atoms with E-state index in [4.69, 9.17) is 14.5 Å². The second-order valence-electron chi connectivity index (χ2n) is 8.21. The minimum Gasteiger partial charge on any atom is -0.497 e. The van der Waals surface area contributed by atoms with Gasteiger partial charge >= 0.3 is 0 Å². The van der Waals surface area contributed by atoms with Crippen molar-refractivity contribution in [3.05, 3.63) is 29.5 Å². The topological polar surface area (TPSA) is 66.0 Å². The van der Waals surface area contributed by atoms with Crippen molar-refractivity contribution >= 4 is 17.5 Å². The Hall–Kier alpha value is -2.74. The van der Waals surface area contributed by atoms with E-state index in [0.717, 1.165) is 79.9 Å². The molecule has 0 spiro atoms. The molecule has 1 aromatic heterocycles. The lowest BCUT2D eigenvalue weighted by molar-refractivity contribution is 0.298. The quantitative estimate of drug-likeness (QED) is 0.528. The average molecular weight is 443 g/mol. The smallest absolute Gasteiger partial charge is 0.224 e. The van der Waals surface area contributed by atoms with E-state index >= 15 is 0 Å². The van der Waals surface area contributed by atoms with Gasteiger partial charge in [0.1, 0.15) is 17.3 Å². The SMILES string of the molecule is CCN(CC)CCCCNc1ncc2c(n1)N(C)CN(c1cc(OC)cc(OC)c1C)C2. The van der Waals surface area contributed by atoms with Gasteiger partial charge in [0.2, 0.25) is 5.95 Å². The third kappa shape index (κ3) is 5.54. The van der Waals surface area contributed by atoms with Gasteiger partial charge in [0.25, 0.3) is 0 Å². The molecule has 2 aromatic rings. The van der Waals surface area contributed by atoms with Gasteiger partial charge in [0.15, 0.2) is 0 Å². The fourth-order valence-electron chi connectivity index (χ4n) is 4.17. The summed E-state index contributed by atoms with van der Waals surface area (Å²) in [6.45, 7) is 12.2. The number of methoxy groups -OCH3 is 2. The molecule has 3 rings (SSSR count). The van der Waals surface area contributed by atoms with Gasteiger partial charge in [0.05, 0.1) is 20.9 Å². The Balaban J connectivity index is 1.66. The van der Waals surface area contributed by atoms with Crippen molar-refractivity contribution in [3.63, 3.8) is 0 Å². The first-order valence-corrected chi connectivity index (χ1v) is 11.5. The number of nitrogens with one attached hydrogen (secondary N) is 1. The summed E-state index contributed by atoms with van der Waals surface area (Å²) in [5.41, 5.74) is 3.29. The van der Waals surface area contributed by atoms with Crippen molar-refractivity contribution in [1.82, 2.24) is 14.9 Å². The summed E-state index contributed by atoms with van der Waals surface area (Å²) in [6.07, 6.45) is 4.23. The third-order valence-corrected chi connectivity index (χ3v) is 6.13. The van der Waals surface area contributed by atoms with Gasteiger partial charge in [0, 0.05) is 55.3 Å². The molecule has 8 heteroatoms. The molecule has 0 fully saturated rings. The van der Waals surface area contributed by atoms with E-state index in [1.807, 2.05) is 12.3 Å². The first-order valence-electron chi connectivity index (χ1n) is 11.5. The maximum Gasteiger partial charge on any atom is 0.224 e. The van der Waals surface area contributed by atoms with Gasteiger partial charge in [-0.2, -0.15) is 4.98 Å². The van der Waals surface area contributed by atoms with Crippen LogP contribution in [-0.4, -0.2) is 69.0 Å². The summed E-state index contributed by atoms with van der Waals surface area (Å²) in [5, 5.41) is 3.39. The molecule has 32 heavy (non-hydrogen) atoms. The van der Waals surface area contributed by atoms with Crippen LogP contribution in [0, 0.1) is 6.92 Å². The second-order valence-corrected chi connectivity index (χ2v) is 8.21. The second kappa shape index (κ2) is 11.2. The highest BCUT2D eigenvalue weighted by molar-refractivity contribution is 5.65. The lowest BCUT2D eigenvalue weighted by Crippen LogP contribution is -2.41. The average Bonchev–Trinajstić information content (AvgIpc) is 2.81. The number of aromatic nitrogens is 2. The molecule has 1 aromatic carbocycles. The van der Waals surface area contributed by atoms with E-state index in [9.17, 15) is 0 Å². The molecule has 0 saturated carbocycles. The molecule has 0 atom stereocenters. The van der Waals surface area contributed by atoms with E-state index in [2.05, 4.69) is 58.9 Å². The Morgan fingerprint density at radius 1 is 1.12 bits per heavy atom. The molecular formula is C24H38N6O2. The van der Waals surface area contributed by atoms with Crippen molar-refractivity contribution in [2.45, 2.75) is 40.2 Å². The van der Waals surface area contributed by atoms with Crippen LogP contribution in [0.15, 0.2) is 18.3 Å². The fraction of sp³-hybridized carbons (Fsp3) is 0.583. The molecule has 0 bridgehead atoms. The maximum absolute atomic E-state index is 5.56. The van der Waals surface area contributed by atoms with Crippen molar-refractivity contribution in [2.24, 2.45) is 0 Å². The molecule has 0 aliphatic carbocycles. The van der Waals surface area contributed by atoms with Crippen LogP contribution in [0.5, 0.6) is 11.5 Å². The number of anilines is 3. The van der Waals surface area contributed by atoms with E-state index in [0.29, 0.717) is 5.95 Å². The Morgan fingerprint density at radius 3 is 2.59 bits per heavy atom. The molecule has 176 valence electrons. The monoisotopic (exact) mass is 442 g/mol. The number of hydrogen-bond acceptors (Lipinski definition) is 8. The summed E-state index contributed by atoms with van der Waals surface area (Å²) >= 11 is 0. The standard InChI is InChI=1S/C24H38N6O2/c1-7-29(8-2)12-10-9-11-25-24-26-15-19-16-30(17-28(4)23(19)27-24)21-13-20(31-5)14-22(32-6)18(21)3/h13-15H,7-12,16-17H2,1-6H3,(H,25,26,27). The molecule has 0 unspecified atom stereocenters. The summed E-state index contributed by atoms with van der Waals surface area (Å²) in [5.74, 6) is 3.29. The normalized spacial score (nSPS) is 13.3. The number of hydrogen-bond donors (Lipinski definition) is 1. The van der Waals surface area contributed by atoms with E-state index in [1.54, 1.807) is 14.2 Å². The minimum atomic E-state index is 0.700. The van der Waals surface area contributed by atoms with E-state index < -0.39 is 0 Å². The summed E-state index contributed by atoms with van der Waals surface area (Å²) < 4.78 is 11.0. The summed E-state index contributed by atoms with van der Waals surface area (Å²) in [6, 6.07) is 3.98. The predicted molar refractivity (Wildman–Crippen MR) is 131 cm³/mol. The van der Waals surface area contributed by atoms with Crippen LogP contribution >= 0.6 is 0 Å². The largest absolute Gasteiger partial charge is 0.497 e. The number of rotatable bonds is 11. The first kappa shape index (κ1) is 23.9. The van der Waals surface area contributed by atoms with Gasteiger partial charge in [-0.25, -0.2) is 4.98 Å². The van der Waals surface area contributed by atoms with Crippen LogP contribution in [-0.2, 0) is 6.54 Å². The predicted octanol–water partition coefficient (Wildman–Crippen LogP) is 3.75. The minimum absolute atomic E-state index is 0.700. The summed E-state index contributed by atoms with van der Waals surface area (Å²) in [7, 11) is 5.44. The molecule has 2 heterocycles. The highest BCUT2D eigenvalue weighted by Gasteiger charge is 2.25. The van der Waals surface area contributed by atoms with Crippen LogP contribution in [0.2, 0.25) is 0 Å². The molecule has 8 nitrogen and oxygen atoms in total. The Kier molecular flexibility index (Phi) is 8.39. The lowest BCUT2D eigenvalue weighted by atomic mass is 10.1. The van der Waals surface area contributed by atoms with E-state index in [-0.39, 0.29) is 0 Å². The van der Waals surface area contributed by atoms with Crippen molar-refractivity contribution < 1.29 is 9.47 Å². The number of unbranched alkanes of at least 4 members (excludes halogenated alkanes) is 1. The number of benzene rings is 1. The lowest BCUT2D eigenvalue weighted by Gasteiger charge is -2.37. The number of fused-ring (bicyclic) bond motifs is 1. The number of ether oxygens (including phenoxy) is 2. The maximum atomic E-state index is 5.56. The van der Waals surface area contributed by atoms with E-state index in [1.165, 1.54) is 6.42 Å². The Morgan fingerprint density at radius 2 is 1.91 bits per heavy atom. The molecule has 0 saturated heterocycles. The first-order chi connectivity index (χ1) is 15.5. The van der Waals surface area contributed by atoms with Gasteiger partial charge in [-0.15, -0.1) is 0 Å². The van der Waals surface area contributed by atoms with Crippen LogP contribution in [0.1, 0.15) is 37.8 Å². The molecule has 1 N–H and O–H groups in total. The van der Waals surface area contributed by atoms with Gasteiger partial charge in [-0.05, 0) is 39.4 Å². The van der Waals surface area contributed by atoms with Gasteiger partial charge < -0.3 is 29.5 Å². The van der Waals surface area contributed by atoms with Crippen LogP contribution in [0.25, 0.3) is 0 Å². The highest BCUT2D eigenvalue weighted by atomic mass is 16.5. The third-order valence-electron chi connectivity index (χ3n) is 6.13. The van der Waals surface area contributed by atoms with Gasteiger partial charge in [-0.1, -0.05) is 13.8 Å². The molecular weight excluding hydrogens is 404 g/mol. The Labute approximate surface area is 192 Å². The van der Waals surface area contributed by atoms with Gasteiger partial charge in [-0.3, -0.25) is 0 Å². The number of nitrogens with zero attached hydrogens (tertiary/aromatic N) is 5. The van der Waals surface area contributed by atoms with Crippen LogP contribution in [0.3, 0.4) is 0 Å². The van der Waals surface area contributed by atoms with Crippen LogP contribution in [0.4, 0.5) is 17.5 Å². The fourth-order valence-corrected chi connectivity index (χ4v) is 4.17. The van der Waals surface area contributed by atoms with Crippen molar-refractivity contribution in [2.75, 3.05) is 69.2 Å². The zero-order valence-electron chi connectivity index (χ0n) is 20.4. The Bertz CT molecular complexity index is 887. The molecule has 0 amide bonds. The zero-order valence-corrected chi connectivity index (χ0v) is 20.4. The van der Waals surface area contributed by atoms with Crippen molar-refractivity contribution in [3.8, 4) is 11.5 Å². The highest BCUT2D eigenvalue weighted by Crippen LogP contribution is 2.37. The molecule has 0 radical (unpaired) electrons. The zero-order chi connectivity index (χ0) is 23.1. The molecule has 1 aliphatic rings.